The second-order valence-corrected chi connectivity index (χ2v) is 7.76. The van der Waals surface area contributed by atoms with Crippen molar-refractivity contribution in [2.45, 2.75) is 13.0 Å². The summed E-state index contributed by atoms with van der Waals surface area (Å²) in [6, 6.07) is 20.7. The van der Waals surface area contributed by atoms with Gasteiger partial charge in [-0.2, -0.15) is 5.10 Å². The number of hydrogen-bond donors (Lipinski definition) is 3. The Kier molecular flexibility index (Phi) is 5.17. The van der Waals surface area contributed by atoms with Crippen LogP contribution in [0.2, 0.25) is 5.02 Å². The van der Waals surface area contributed by atoms with E-state index in [0.717, 1.165) is 33.2 Å². The first-order valence-corrected chi connectivity index (χ1v) is 10.3. The first-order valence-electron chi connectivity index (χ1n) is 8.73. The smallest absolute Gasteiger partial charge is 0.202 e. The van der Waals surface area contributed by atoms with Crippen molar-refractivity contribution in [3.63, 3.8) is 0 Å². The number of aryl methyl sites for hydroxylation is 1. The molecule has 1 unspecified atom stereocenters. The van der Waals surface area contributed by atoms with Crippen molar-refractivity contribution in [1.82, 2.24) is 14.9 Å². The highest BCUT2D eigenvalue weighted by Gasteiger charge is 2.21. The van der Waals surface area contributed by atoms with Gasteiger partial charge in [0.25, 0.3) is 0 Å². The van der Waals surface area contributed by atoms with Crippen molar-refractivity contribution in [3.05, 3.63) is 88.6 Å². The summed E-state index contributed by atoms with van der Waals surface area (Å²) in [6.45, 7) is 1.98. The van der Waals surface area contributed by atoms with E-state index in [1.807, 2.05) is 73.7 Å². The van der Waals surface area contributed by atoms with Crippen LogP contribution in [0, 0.1) is 6.92 Å². The Balaban J connectivity index is 1.89. The number of hydrogen-bond acceptors (Lipinski definition) is 3. The molecular formula is C21H18ClN3O2S. The number of nitrogens with zero attached hydrogens (tertiary/aromatic N) is 1. The zero-order valence-corrected chi connectivity index (χ0v) is 16.7. The largest absolute Gasteiger partial charge is 0.277 e. The Morgan fingerprint density at radius 2 is 1.75 bits per heavy atom. The summed E-state index contributed by atoms with van der Waals surface area (Å²) >= 11 is 6.49. The van der Waals surface area contributed by atoms with Crippen molar-refractivity contribution in [2.75, 3.05) is 0 Å². The standard InChI is InChI=1S/C21H18ClN3O2S/c1-13-7-9-15(10-8-13)20(25-28(26)27)21-17-11-16(14-5-3-2-4-6-14)18(22)12-19(17)23-24-21/h2-12,20,28H,1H3,(H,23,24)(H,25,26,27). The summed E-state index contributed by atoms with van der Waals surface area (Å²) in [7, 11) is -2.82. The summed E-state index contributed by atoms with van der Waals surface area (Å²) in [5.41, 5.74) is 5.11. The Bertz CT molecular complexity index is 1190. The topological polar surface area (TPSA) is 74.8 Å². The molecule has 0 bridgehead atoms. The fourth-order valence-electron chi connectivity index (χ4n) is 3.28. The van der Waals surface area contributed by atoms with Gasteiger partial charge in [-0.3, -0.25) is 5.10 Å². The van der Waals surface area contributed by atoms with Crippen LogP contribution in [0.15, 0.2) is 66.7 Å². The summed E-state index contributed by atoms with van der Waals surface area (Å²) < 4.78 is 25.6. The Morgan fingerprint density at radius 3 is 2.43 bits per heavy atom. The minimum absolute atomic E-state index is 0.597. The van der Waals surface area contributed by atoms with Crippen LogP contribution in [0.3, 0.4) is 0 Å². The lowest BCUT2D eigenvalue weighted by Crippen LogP contribution is -2.21. The summed E-state index contributed by atoms with van der Waals surface area (Å²) in [5, 5.41) is 8.80. The molecule has 0 fully saturated rings. The van der Waals surface area contributed by atoms with Crippen LogP contribution in [-0.4, -0.2) is 18.6 Å². The molecule has 7 heteroatoms. The van der Waals surface area contributed by atoms with E-state index in [1.54, 1.807) is 0 Å². The lowest BCUT2D eigenvalue weighted by atomic mass is 9.98. The number of thiol groups is 1. The monoisotopic (exact) mass is 411 g/mol. The molecule has 0 radical (unpaired) electrons. The maximum absolute atomic E-state index is 11.5. The average Bonchev–Trinajstić information content (AvgIpc) is 3.09. The lowest BCUT2D eigenvalue weighted by molar-refractivity contribution is 0.591. The summed E-state index contributed by atoms with van der Waals surface area (Å²) in [4.78, 5) is 0. The number of benzene rings is 3. The van der Waals surface area contributed by atoms with Crippen molar-refractivity contribution >= 4 is 33.4 Å². The highest BCUT2D eigenvalue weighted by Crippen LogP contribution is 2.35. The first kappa shape index (κ1) is 18.7. The third kappa shape index (κ3) is 3.67. The predicted octanol–water partition coefficient (Wildman–Crippen LogP) is 4.40. The maximum atomic E-state index is 11.5. The Morgan fingerprint density at radius 1 is 1.04 bits per heavy atom. The first-order chi connectivity index (χ1) is 13.5. The van der Waals surface area contributed by atoms with Crippen LogP contribution in [0.4, 0.5) is 0 Å². The number of H-pyrrole nitrogens is 1. The molecule has 1 heterocycles. The minimum Gasteiger partial charge on any atom is -0.277 e. The molecule has 2 N–H and O–H groups in total. The minimum atomic E-state index is -2.82. The van der Waals surface area contributed by atoms with Crippen LogP contribution in [0.25, 0.3) is 22.0 Å². The van der Waals surface area contributed by atoms with E-state index in [1.165, 1.54) is 0 Å². The second-order valence-electron chi connectivity index (χ2n) is 6.58. The molecule has 4 aromatic rings. The van der Waals surface area contributed by atoms with Gasteiger partial charge in [-0.05, 0) is 30.2 Å². The molecule has 28 heavy (non-hydrogen) atoms. The van der Waals surface area contributed by atoms with Crippen molar-refractivity contribution < 1.29 is 8.42 Å². The molecule has 0 saturated heterocycles. The van der Waals surface area contributed by atoms with Crippen LogP contribution < -0.4 is 4.72 Å². The Labute approximate surface area is 169 Å². The fraction of sp³-hybridized carbons (Fsp3) is 0.0952. The molecule has 0 aliphatic heterocycles. The third-order valence-electron chi connectivity index (χ3n) is 4.68. The van der Waals surface area contributed by atoms with Gasteiger partial charge in [0.05, 0.1) is 22.3 Å². The van der Waals surface area contributed by atoms with E-state index in [2.05, 4.69) is 14.9 Å². The summed E-state index contributed by atoms with van der Waals surface area (Å²) in [6.07, 6.45) is 0. The molecule has 5 nitrogen and oxygen atoms in total. The number of aromatic amines is 1. The molecule has 3 aromatic carbocycles. The quantitative estimate of drug-likeness (QED) is 0.426. The van der Waals surface area contributed by atoms with E-state index < -0.39 is 16.9 Å². The predicted molar refractivity (Wildman–Crippen MR) is 113 cm³/mol. The van der Waals surface area contributed by atoms with Gasteiger partial charge in [0.2, 0.25) is 10.9 Å². The van der Waals surface area contributed by atoms with Crippen LogP contribution >= 0.6 is 11.6 Å². The number of aromatic nitrogens is 2. The molecule has 1 atom stereocenters. The van der Waals surface area contributed by atoms with Gasteiger partial charge in [-0.25, -0.2) is 13.1 Å². The van der Waals surface area contributed by atoms with Gasteiger partial charge in [0.1, 0.15) is 0 Å². The molecule has 142 valence electrons. The SMILES string of the molecule is Cc1ccc(C(N[SH](=O)=O)c2n[nH]c3cc(Cl)c(-c4ccccc4)cc23)cc1. The molecule has 0 saturated carbocycles. The molecule has 0 spiro atoms. The zero-order valence-electron chi connectivity index (χ0n) is 15.0. The molecule has 1 aromatic heterocycles. The average molecular weight is 412 g/mol. The van der Waals surface area contributed by atoms with Crippen LogP contribution in [0.1, 0.15) is 22.9 Å². The van der Waals surface area contributed by atoms with Gasteiger partial charge in [0.15, 0.2) is 0 Å². The van der Waals surface area contributed by atoms with Gasteiger partial charge >= 0.3 is 0 Å². The van der Waals surface area contributed by atoms with Crippen molar-refractivity contribution in [3.8, 4) is 11.1 Å². The van der Waals surface area contributed by atoms with Gasteiger partial charge < -0.3 is 0 Å². The van der Waals surface area contributed by atoms with E-state index in [4.69, 9.17) is 11.6 Å². The van der Waals surface area contributed by atoms with Gasteiger partial charge in [0, 0.05) is 10.9 Å². The highest BCUT2D eigenvalue weighted by molar-refractivity contribution is 7.70. The van der Waals surface area contributed by atoms with Crippen LogP contribution in [-0.2, 0) is 10.9 Å². The highest BCUT2D eigenvalue weighted by atomic mass is 35.5. The van der Waals surface area contributed by atoms with Gasteiger partial charge in [-0.15, -0.1) is 0 Å². The molecule has 0 amide bonds. The number of nitrogens with one attached hydrogen (secondary N) is 2. The normalized spacial score (nSPS) is 12.5. The second kappa shape index (κ2) is 7.75. The Hall–Kier alpha value is -2.67. The summed E-state index contributed by atoms with van der Waals surface area (Å²) in [5.74, 6) is 0. The fourth-order valence-corrected chi connectivity index (χ4v) is 4.03. The van der Waals surface area contributed by atoms with Crippen molar-refractivity contribution in [2.24, 2.45) is 0 Å². The number of fused-ring (bicyclic) bond motifs is 1. The van der Waals surface area contributed by atoms with Gasteiger partial charge in [-0.1, -0.05) is 71.8 Å². The number of rotatable bonds is 5. The molecule has 0 aliphatic rings. The maximum Gasteiger partial charge on any atom is 0.202 e. The molecule has 4 rings (SSSR count). The zero-order chi connectivity index (χ0) is 19.7. The number of halogens is 1. The van der Waals surface area contributed by atoms with E-state index >= 15 is 0 Å². The third-order valence-corrected chi connectivity index (χ3v) is 5.47. The molecular weight excluding hydrogens is 394 g/mol. The van der Waals surface area contributed by atoms with Crippen LogP contribution in [0.5, 0.6) is 0 Å². The molecule has 0 aliphatic carbocycles. The van der Waals surface area contributed by atoms with E-state index in [0.29, 0.717) is 10.7 Å². The van der Waals surface area contributed by atoms with E-state index in [-0.39, 0.29) is 0 Å². The van der Waals surface area contributed by atoms with Crippen molar-refractivity contribution in [1.29, 1.82) is 0 Å². The lowest BCUT2D eigenvalue weighted by Gasteiger charge is -2.15. The van der Waals surface area contributed by atoms with E-state index in [9.17, 15) is 8.42 Å².